The Morgan fingerprint density at radius 2 is 2.38 bits per heavy atom. The molecule has 1 aromatic heterocycles. The smallest absolute Gasteiger partial charge is 0.220 e. The monoisotopic (exact) mass is 332 g/mol. The van der Waals surface area contributed by atoms with E-state index >= 15 is 0 Å². The van der Waals surface area contributed by atoms with Crippen LogP contribution in [0.3, 0.4) is 0 Å². The highest BCUT2D eigenvalue weighted by Gasteiger charge is 2.20. The van der Waals surface area contributed by atoms with Gasteiger partial charge in [0.2, 0.25) is 5.91 Å². The molecule has 1 heterocycles. The molecule has 120 valence electrons. The van der Waals surface area contributed by atoms with E-state index in [1.165, 1.54) is 0 Å². The quantitative estimate of drug-likeness (QED) is 0.641. The third-order valence-corrected chi connectivity index (χ3v) is 4.72. The maximum absolute atomic E-state index is 11.7. The fraction of sp³-hybridized carbons (Fsp3) is 0.714. The lowest BCUT2D eigenvalue weighted by Gasteiger charge is -2.23. The molecule has 0 radical (unpaired) electrons. The highest BCUT2D eigenvalue weighted by atomic mass is 32.2. The van der Waals surface area contributed by atoms with Gasteiger partial charge in [-0.1, -0.05) is 0 Å². The van der Waals surface area contributed by atoms with Crippen molar-refractivity contribution in [1.29, 1.82) is 0 Å². The maximum atomic E-state index is 11.7. The van der Waals surface area contributed by atoms with Crippen LogP contribution in [0.1, 0.15) is 30.5 Å². The van der Waals surface area contributed by atoms with Crippen molar-refractivity contribution in [3.05, 3.63) is 16.1 Å². The number of aryl methyl sites for hydroxylation is 1. The van der Waals surface area contributed by atoms with E-state index in [0.29, 0.717) is 19.4 Å². The van der Waals surface area contributed by atoms with Gasteiger partial charge in [-0.05, 0) is 13.8 Å². The molecule has 1 atom stereocenters. The number of ether oxygens (including phenoxy) is 1. The number of carbonyl (C=O) groups excluding carboxylic acids is 1. The summed E-state index contributed by atoms with van der Waals surface area (Å²) in [7, 11) is 1.59. The van der Waals surface area contributed by atoms with Crippen LogP contribution in [0, 0.1) is 6.92 Å². The standard InChI is InChI=1S/C14H24N2O3S2/c1-11-16-12(9-21-11)8-20-7-4-13(17)15-10-14(2,18)5-6-19-3/h9,18H,4-8,10H2,1-3H3,(H,15,17). The lowest BCUT2D eigenvalue weighted by molar-refractivity contribution is -0.122. The van der Waals surface area contributed by atoms with E-state index in [2.05, 4.69) is 15.7 Å². The van der Waals surface area contributed by atoms with Crippen molar-refractivity contribution in [1.82, 2.24) is 10.3 Å². The minimum Gasteiger partial charge on any atom is -0.388 e. The Morgan fingerprint density at radius 3 is 3.00 bits per heavy atom. The summed E-state index contributed by atoms with van der Waals surface area (Å²) in [6.07, 6.45) is 0.954. The third-order valence-electron chi connectivity index (χ3n) is 2.90. The van der Waals surface area contributed by atoms with Crippen LogP contribution in [0.4, 0.5) is 0 Å². The van der Waals surface area contributed by atoms with Crippen LogP contribution in [0.15, 0.2) is 5.38 Å². The van der Waals surface area contributed by atoms with Crippen molar-refractivity contribution in [2.45, 2.75) is 38.0 Å². The van der Waals surface area contributed by atoms with Crippen molar-refractivity contribution < 1.29 is 14.6 Å². The second-order valence-corrected chi connectivity index (χ2v) is 7.34. The summed E-state index contributed by atoms with van der Waals surface area (Å²) in [5, 5.41) is 15.9. The summed E-state index contributed by atoms with van der Waals surface area (Å²) in [5.74, 6) is 1.56. The Bertz CT molecular complexity index is 436. The number of thioether (sulfide) groups is 1. The zero-order chi connectivity index (χ0) is 15.7. The molecule has 0 saturated carbocycles. The van der Waals surface area contributed by atoms with Gasteiger partial charge in [-0.25, -0.2) is 4.98 Å². The maximum Gasteiger partial charge on any atom is 0.220 e. The van der Waals surface area contributed by atoms with E-state index in [9.17, 15) is 9.90 Å². The Labute approximate surface area is 134 Å². The fourth-order valence-corrected chi connectivity index (χ4v) is 3.15. The number of hydrogen-bond acceptors (Lipinski definition) is 6. The number of carbonyl (C=O) groups is 1. The SMILES string of the molecule is COCCC(C)(O)CNC(=O)CCSCc1csc(C)n1. The molecule has 1 amide bonds. The highest BCUT2D eigenvalue weighted by Crippen LogP contribution is 2.15. The Morgan fingerprint density at radius 1 is 1.62 bits per heavy atom. The van der Waals surface area contributed by atoms with Crippen molar-refractivity contribution >= 4 is 29.0 Å². The predicted molar refractivity (Wildman–Crippen MR) is 87.8 cm³/mol. The van der Waals surface area contributed by atoms with Crippen LogP contribution in [-0.2, 0) is 15.3 Å². The van der Waals surface area contributed by atoms with E-state index in [1.54, 1.807) is 37.1 Å². The van der Waals surface area contributed by atoms with Gasteiger partial charge < -0.3 is 15.2 Å². The molecule has 2 N–H and O–H groups in total. The topological polar surface area (TPSA) is 71.5 Å². The minimum absolute atomic E-state index is 0.0327. The van der Waals surface area contributed by atoms with Crippen LogP contribution in [0.25, 0.3) is 0 Å². The van der Waals surface area contributed by atoms with Gasteiger partial charge in [0.1, 0.15) is 0 Å². The molecule has 0 aromatic carbocycles. The van der Waals surface area contributed by atoms with Gasteiger partial charge in [0.15, 0.2) is 0 Å². The largest absolute Gasteiger partial charge is 0.388 e. The van der Waals surface area contributed by atoms with Gasteiger partial charge in [0.05, 0.1) is 16.3 Å². The molecule has 7 heteroatoms. The molecule has 21 heavy (non-hydrogen) atoms. The zero-order valence-corrected chi connectivity index (χ0v) is 14.5. The third kappa shape index (κ3) is 8.40. The summed E-state index contributed by atoms with van der Waals surface area (Å²) >= 11 is 3.34. The van der Waals surface area contributed by atoms with Crippen molar-refractivity contribution in [3.63, 3.8) is 0 Å². The minimum atomic E-state index is -0.920. The number of hydrogen-bond donors (Lipinski definition) is 2. The molecule has 1 unspecified atom stereocenters. The summed E-state index contributed by atoms with van der Waals surface area (Å²) in [6, 6.07) is 0. The number of rotatable bonds is 10. The van der Waals surface area contributed by atoms with Gasteiger partial charge in [0, 0.05) is 50.0 Å². The predicted octanol–water partition coefficient (Wildman–Crippen LogP) is 1.98. The Kier molecular flexibility index (Phi) is 8.24. The van der Waals surface area contributed by atoms with E-state index in [1.807, 2.05) is 6.92 Å². The Hall–Kier alpha value is -0.630. The first-order chi connectivity index (χ1) is 9.93. The number of aromatic nitrogens is 1. The molecular formula is C14H24N2O3S2. The second kappa shape index (κ2) is 9.40. The molecule has 0 fully saturated rings. The lowest BCUT2D eigenvalue weighted by Crippen LogP contribution is -2.41. The summed E-state index contributed by atoms with van der Waals surface area (Å²) in [4.78, 5) is 16.1. The van der Waals surface area contributed by atoms with Crippen molar-refractivity contribution in [2.24, 2.45) is 0 Å². The first-order valence-corrected chi connectivity index (χ1v) is 8.93. The number of thiazole rings is 1. The molecule has 5 nitrogen and oxygen atoms in total. The van der Waals surface area contributed by atoms with Crippen molar-refractivity contribution in [3.8, 4) is 0 Å². The van der Waals surface area contributed by atoms with Crippen LogP contribution in [0.2, 0.25) is 0 Å². The molecule has 0 saturated heterocycles. The van der Waals surface area contributed by atoms with E-state index in [-0.39, 0.29) is 12.5 Å². The second-order valence-electron chi connectivity index (χ2n) is 5.18. The normalized spacial score (nSPS) is 13.9. The fourth-order valence-electron chi connectivity index (χ4n) is 1.60. The molecule has 0 aliphatic rings. The van der Waals surface area contributed by atoms with Crippen LogP contribution in [0.5, 0.6) is 0 Å². The molecule has 0 spiro atoms. The number of amides is 1. The first kappa shape index (κ1) is 18.4. The van der Waals surface area contributed by atoms with Gasteiger partial charge in [0.25, 0.3) is 0 Å². The summed E-state index contributed by atoms with van der Waals surface area (Å²) in [5.41, 5.74) is 0.155. The van der Waals surface area contributed by atoms with Gasteiger partial charge in [-0.15, -0.1) is 11.3 Å². The molecule has 0 bridgehead atoms. The van der Waals surface area contributed by atoms with Gasteiger partial charge >= 0.3 is 0 Å². The van der Waals surface area contributed by atoms with Gasteiger partial charge in [-0.3, -0.25) is 4.79 Å². The van der Waals surface area contributed by atoms with E-state index < -0.39 is 5.60 Å². The van der Waals surface area contributed by atoms with Crippen LogP contribution in [-0.4, -0.2) is 47.6 Å². The van der Waals surface area contributed by atoms with Gasteiger partial charge in [-0.2, -0.15) is 11.8 Å². The zero-order valence-electron chi connectivity index (χ0n) is 12.8. The van der Waals surface area contributed by atoms with E-state index in [0.717, 1.165) is 22.2 Å². The molecule has 0 aliphatic carbocycles. The summed E-state index contributed by atoms with van der Waals surface area (Å²) in [6.45, 7) is 4.42. The van der Waals surface area contributed by atoms with Crippen LogP contribution >= 0.6 is 23.1 Å². The molecular weight excluding hydrogens is 308 g/mol. The van der Waals surface area contributed by atoms with Crippen LogP contribution < -0.4 is 5.32 Å². The number of nitrogens with one attached hydrogen (secondary N) is 1. The number of methoxy groups -OCH3 is 1. The van der Waals surface area contributed by atoms with E-state index in [4.69, 9.17) is 4.74 Å². The number of nitrogens with zero attached hydrogens (tertiary/aromatic N) is 1. The molecule has 1 aromatic rings. The molecule has 1 rings (SSSR count). The number of aliphatic hydroxyl groups is 1. The lowest BCUT2D eigenvalue weighted by atomic mass is 10.0. The molecule has 0 aliphatic heterocycles. The Balaban J connectivity index is 2.11. The first-order valence-electron chi connectivity index (χ1n) is 6.90. The highest BCUT2D eigenvalue weighted by molar-refractivity contribution is 7.98. The van der Waals surface area contributed by atoms with Crippen molar-refractivity contribution in [2.75, 3.05) is 26.0 Å². The average Bonchev–Trinajstić information content (AvgIpc) is 2.85. The summed E-state index contributed by atoms with van der Waals surface area (Å²) < 4.78 is 4.93. The average molecular weight is 332 g/mol.